The van der Waals surface area contributed by atoms with Gasteiger partial charge in [0.1, 0.15) is 6.54 Å². The summed E-state index contributed by atoms with van der Waals surface area (Å²) < 4.78 is 0. The second-order valence-electron chi connectivity index (χ2n) is 5.68. The Morgan fingerprint density at radius 2 is 1.95 bits per heavy atom. The van der Waals surface area contributed by atoms with E-state index in [1.807, 2.05) is 57.2 Å². The van der Waals surface area contributed by atoms with Crippen LogP contribution >= 0.6 is 0 Å². The summed E-state index contributed by atoms with van der Waals surface area (Å²) in [6.45, 7) is 6.22. The molecule has 0 fully saturated rings. The van der Waals surface area contributed by atoms with Gasteiger partial charge in [0.15, 0.2) is 0 Å². The number of benzene rings is 1. The minimum Gasteiger partial charge on any atom is -0.324 e. The molecule has 102 valence electrons. The predicted octanol–water partition coefficient (Wildman–Crippen LogP) is 1.91. The van der Waals surface area contributed by atoms with Crippen molar-refractivity contribution in [2.75, 3.05) is 6.54 Å². The van der Waals surface area contributed by atoms with Gasteiger partial charge >= 0.3 is 0 Å². The Morgan fingerprint density at radius 1 is 1.37 bits per heavy atom. The van der Waals surface area contributed by atoms with Gasteiger partial charge in [-0.3, -0.25) is 4.79 Å². The van der Waals surface area contributed by atoms with Crippen LogP contribution in [0.15, 0.2) is 30.3 Å². The highest BCUT2D eigenvalue weighted by atomic mass is 16.2. The molecule has 0 heterocycles. The van der Waals surface area contributed by atoms with Crippen molar-refractivity contribution in [3.8, 4) is 6.07 Å². The third-order valence-electron chi connectivity index (χ3n) is 2.99. The van der Waals surface area contributed by atoms with Gasteiger partial charge in [0, 0.05) is 6.54 Å². The van der Waals surface area contributed by atoms with Crippen molar-refractivity contribution in [1.82, 2.24) is 4.90 Å². The first-order valence-corrected chi connectivity index (χ1v) is 6.31. The zero-order valence-electron chi connectivity index (χ0n) is 11.8. The normalized spacial score (nSPS) is 12.6. The molecule has 0 aliphatic heterocycles. The Labute approximate surface area is 114 Å². The molecular formula is C15H21N3O. The van der Waals surface area contributed by atoms with Crippen LogP contribution in [0, 0.1) is 16.7 Å². The van der Waals surface area contributed by atoms with Gasteiger partial charge < -0.3 is 10.6 Å². The van der Waals surface area contributed by atoms with Crippen molar-refractivity contribution >= 4 is 5.91 Å². The number of nitrogens with two attached hydrogens (primary N) is 1. The molecule has 0 aliphatic carbocycles. The fourth-order valence-electron chi connectivity index (χ4n) is 1.67. The number of amides is 1. The molecule has 0 saturated heterocycles. The summed E-state index contributed by atoms with van der Waals surface area (Å²) in [6.07, 6.45) is 0. The molecule has 0 bridgehead atoms. The number of hydrogen-bond donors (Lipinski definition) is 1. The summed E-state index contributed by atoms with van der Waals surface area (Å²) in [5.74, 6) is -0.182. The maximum Gasteiger partial charge on any atom is 0.241 e. The molecule has 0 saturated carbocycles. The van der Waals surface area contributed by atoms with Crippen LogP contribution in [0.1, 0.15) is 26.3 Å². The van der Waals surface area contributed by atoms with Crippen LogP contribution in [0.2, 0.25) is 0 Å². The number of carbonyl (C=O) groups is 1. The van der Waals surface area contributed by atoms with Gasteiger partial charge in [0.2, 0.25) is 5.91 Å². The topological polar surface area (TPSA) is 70.1 Å². The molecule has 1 aromatic carbocycles. The van der Waals surface area contributed by atoms with Crippen LogP contribution in [-0.2, 0) is 11.3 Å². The van der Waals surface area contributed by atoms with Gasteiger partial charge in [-0.1, -0.05) is 51.1 Å². The SMILES string of the molecule is CC(C)(C)C(N)C(=O)N(CC#N)Cc1ccccc1. The molecule has 1 unspecified atom stereocenters. The summed E-state index contributed by atoms with van der Waals surface area (Å²) in [5, 5.41) is 8.86. The third kappa shape index (κ3) is 4.38. The highest BCUT2D eigenvalue weighted by molar-refractivity contribution is 5.82. The van der Waals surface area contributed by atoms with Crippen molar-refractivity contribution < 1.29 is 4.79 Å². The quantitative estimate of drug-likeness (QED) is 0.840. The molecule has 0 aliphatic rings. The van der Waals surface area contributed by atoms with E-state index in [0.717, 1.165) is 5.56 Å². The summed E-state index contributed by atoms with van der Waals surface area (Å²) >= 11 is 0. The largest absolute Gasteiger partial charge is 0.324 e. The Morgan fingerprint density at radius 3 is 2.42 bits per heavy atom. The summed E-state index contributed by atoms with van der Waals surface area (Å²) in [7, 11) is 0. The van der Waals surface area contributed by atoms with Crippen LogP contribution in [0.3, 0.4) is 0 Å². The number of carbonyl (C=O) groups excluding carboxylic acids is 1. The molecule has 0 spiro atoms. The maximum atomic E-state index is 12.3. The van der Waals surface area contributed by atoms with E-state index < -0.39 is 6.04 Å². The molecule has 1 rings (SSSR count). The predicted molar refractivity (Wildman–Crippen MR) is 74.9 cm³/mol. The van der Waals surface area contributed by atoms with E-state index in [0.29, 0.717) is 6.54 Å². The molecule has 1 aromatic rings. The van der Waals surface area contributed by atoms with Gasteiger partial charge in [-0.05, 0) is 11.0 Å². The summed E-state index contributed by atoms with van der Waals surface area (Å²) in [5.41, 5.74) is 6.65. The third-order valence-corrected chi connectivity index (χ3v) is 2.99. The number of nitriles is 1. The lowest BCUT2D eigenvalue weighted by atomic mass is 9.86. The first-order valence-electron chi connectivity index (χ1n) is 6.31. The highest BCUT2D eigenvalue weighted by Crippen LogP contribution is 2.19. The molecular weight excluding hydrogens is 238 g/mol. The van der Waals surface area contributed by atoms with Crippen molar-refractivity contribution in [3.05, 3.63) is 35.9 Å². The van der Waals surface area contributed by atoms with Gasteiger partial charge in [0.25, 0.3) is 0 Å². The maximum absolute atomic E-state index is 12.3. The van der Waals surface area contributed by atoms with Crippen LogP contribution in [0.25, 0.3) is 0 Å². The van der Waals surface area contributed by atoms with Gasteiger partial charge in [-0.25, -0.2) is 0 Å². The molecule has 0 radical (unpaired) electrons. The van der Waals surface area contributed by atoms with E-state index in [1.165, 1.54) is 4.90 Å². The fourth-order valence-corrected chi connectivity index (χ4v) is 1.67. The fraction of sp³-hybridized carbons (Fsp3) is 0.467. The standard InChI is InChI=1S/C15H21N3O/c1-15(2,3)13(17)14(19)18(10-9-16)11-12-7-5-4-6-8-12/h4-8,13H,10-11,17H2,1-3H3. The van der Waals surface area contributed by atoms with E-state index >= 15 is 0 Å². The lowest BCUT2D eigenvalue weighted by molar-refractivity contribution is -0.134. The van der Waals surface area contributed by atoms with Gasteiger partial charge in [-0.15, -0.1) is 0 Å². The van der Waals surface area contributed by atoms with Crippen LogP contribution in [-0.4, -0.2) is 23.4 Å². The molecule has 4 heteroatoms. The summed E-state index contributed by atoms with van der Waals surface area (Å²) in [4.78, 5) is 13.8. The molecule has 19 heavy (non-hydrogen) atoms. The second kappa shape index (κ2) is 6.35. The highest BCUT2D eigenvalue weighted by Gasteiger charge is 2.30. The smallest absolute Gasteiger partial charge is 0.241 e. The zero-order valence-corrected chi connectivity index (χ0v) is 11.8. The van der Waals surface area contributed by atoms with Crippen molar-refractivity contribution in [1.29, 1.82) is 5.26 Å². The van der Waals surface area contributed by atoms with E-state index in [1.54, 1.807) is 0 Å². The second-order valence-corrected chi connectivity index (χ2v) is 5.68. The average molecular weight is 259 g/mol. The Balaban J connectivity index is 2.84. The van der Waals surface area contributed by atoms with E-state index in [2.05, 4.69) is 0 Å². The van der Waals surface area contributed by atoms with E-state index in [9.17, 15) is 4.79 Å². The first kappa shape index (κ1) is 15.2. The Hall–Kier alpha value is -1.86. The Kier molecular flexibility index (Phi) is 5.08. The van der Waals surface area contributed by atoms with Crippen molar-refractivity contribution in [3.63, 3.8) is 0 Å². The lowest BCUT2D eigenvalue weighted by Gasteiger charge is -2.31. The van der Waals surface area contributed by atoms with E-state index in [-0.39, 0.29) is 17.9 Å². The van der Waals surface area contributed by atoms with Crippen LogP contribution < -0.4 is 5.73 Å². The zero-order chi connectivity index (χ0) is 14.5. The minimum atomic E-state index is -0.607. The van der Waals surface area contributed by atoms with Crippen LogP contribution in [0.5, 0.6) is 0 Å². The first-order chi connectivity index (χ1) is 8.86. The minimum absolute atomic E-state index is 0.0531. The van der Waals surface area contributed by atoms with Crippen LogP contribution in [0.4, 0.5) is 0 Å². The van der Waals surface area contributed by atoms with Gasteiger partial charge in [0.05, 0.1) is 12.1 Å². The molecule has 1 amide bonds. The lowest BCUT2D eigenvalue weighted by Crippen LogP contribution is -2.50. The molecule has 0 aromatic heterocycles. The summed E-state index contributed by atoms with van der Waals surface area (Å²) in [6, 6.07) is 11.0. The van der Waals surface area contributed by atoms with Crippen molar-refractivity contribution in [2.45, 2.75) is 33.4 Å². The van der Waals surface area contributed by atoms with Crippen molar-refractivity contribution in [2.24, 2.45) is 11.1 Å². The molecule has 1 atom stereocenters. The number of hydrogen-bond acceptors (Lipinski definition) is 3. The monoisotopic (exact) mass is 259 g/mol. The average Bonchev–Trinajstić information content (AvgIpc) is 2.36. The molecule has 2 N–H and O–H groups in total. The van der Waals surface area contributed by atoms with E-state index in [4.69, 9.17) is 11.0 Å². The number of nitrogens with zero attached hydrogens (tertiary/aromatic N) is 2. The molecule has 4 nitrogen and oxygen atoms in total. The number of rotatable bonds is 4. The van der Waals surface area contributed by atoms with Gasteiger partial charge in [-0.2, -0.15) is 5.26 Å². The Bertz CT molecular complexity index is 457.